The van der Waals surface area contributed by atoms with Crippen LogP contribution in [-0.4, -0.2) is 46.4 Å². The zero-order valence-electron chi connectivity index (χ0n) is 14.7. The topological polar surface area (TPSA) is 86.7 Å². The molecule has 138 valence electrons. The highest BCUT2D eigenvalue weighted by atomic mass is 16.4. The SMILES string of the molecule is O=C1CC2CCC(CN1)N2C(=O)c1ccccc1-c1ccccc1C(=O)O. The lowest BCUT2D eigenvalue weighted by atomic mass is 9.94. The van der Waals surface area contributed by atoms with Gasteiger partial charge in [0.2, 0.25) is 5.91 Å². The second kappa shape index (κ2) is 6.87. The fourth-order valence-electron chi connectivity index (χ4n) is 4.16. The van der Waals surface area contributed by atoms with E-state index in [1.165, 1.54) is 6.07 Å². The average molecular weight is 364 g/mol. The fourth-order valence-corrected chi connectivity index (χ4v) is 4.16. The first-order chi connectivity index (χ1) is 13.1. The third kappa shape index (κ3) is 3.07. The fraction of sp³-hybridized carbons (Fsp3) is 0.286. The van der Waals surface area contributed by atoms with Crippen molar-refractivity contribution < 1.29 is 19.5 Å². The first kappa shape index (κ1) is 17.3. The number of nitrogens with one attached hydrogen (secondary N) is 1. The Balaban J connectivity index is 1.77. The Morgan fingerprint density at radius 1 is 0.926 bits per heavy atom. The molecule has 2 saturated heterocycles. The number of nitrogens with zero attached hydrogens (tertiary/aromatic N) is 1. The van der Waals surface area contributed by atoms with Crippen LogP contribution in [0.5, 0.6) is 0 Å². The first-order valence-corrected chi connectivity index (χ1v) is 9.07. The Bertz CT molecular complexity index is 924. The van der Waals surface area contributed by atoms with E-state index in [2.05, 4.69) is 5.32 Å². The molecule has 2 fully saturated rings. The quantitative estimate of drug-likeness (QED) is 0.876. The highest BCUT2D eigenvalue weighted by Crippen LogP contribution is 2.33. The number of rotatable bonds is 3. The summed E-state index contributed by atoms with van der Waals surface area (Å²) >= 11 is 0. The number of hydrogen-bond donors (Lipinski definition) is 2. The molecule has 2 bridgehead atoms. The van der Waals surface area contributed by atoms with Crippen LogP contribution in [-0.2, 0) is 4.79 Å². The predicted octanol–water partition coefficient (Wildman–Crippen LogP) is 2.54. The van der Waals surface area contributed by atoms with Crippen LogP contribution in [0.25, 0.3) is 11.1 Å². The summed E-state index contributed by atoms with van der Waals surface area (Å²) < 4.78 is 0. The summed E-state index contributed by atoms with van der Waals surface area (Å²) in [6.45, 7) is 0.467. The van der Waals surface area contributed by atoms with Crippen LogP contribution in [0.2, 0.25) is 0 Å². The Kier molecular flexibility index (Phi) is 4.39. The number of aromatic carboxylic acids is 1. The highest BCUT2D eigenvalue weighted by Gasteiger charge is 2.41. The monoisotopic (exact) mass is 364 g/mol. The molecule has 4 rings (SSSR count). The number of carboxylic acids is 1. The van der Waals surface area contributed by atoms with E-state index in [1.807, 2.05) is 4.90 Å². The van der Waals surface area contributed by atoms with E-state index in [9.17, 15) is 19.5 Å². The maximum atomic E-state index is 13.4. The molecule has 0 aromatic heterocycles. The van der Waals surface area contributed by atoms with Crippen molar-refractivity contribution in [3.63, 3.8) is 0 Å². The van der Waals surface area contributed by atoms with Crippen molar-refractivity contribution >= 4 is 17.8 Å². The second-order valence-corrected chi connectivity index (χ2v) is 7.00. The number of hydrogen-bond acceptors (Lipinski definition) is 3. The number of carboxylic acid groups (broad SMARTS) is 1. The van der Waals surface area contributed by atoms with Gasteiger partial charge in [0.1, 0.15) is 0 Å². The van der Waals surface area contributed by atoms with Crippen molar-refractivity contribution in [2.24, 2.45) is 0 Å². The number of amides is 2. The molecule has 2 aliphatic rings. The predicted molar refractivity (Wildman–Crippen MR) is 99.4 cm³/mol. The van der Waals surface area contributed by atoms with Crippen molar-refractivity contribution in [2.45, 2.75) is 31.3 Å². The zero-order valence-corrected chi connectivity index (χ0v) is 14.7. The minimum absolute atomic E-state index is 0.0169. The molecule has 2 amide bonds. The van der Waals surface area contributed by atoms with Gasteiger partial charge in [0.25, 0.3) is 5.91 Å². The summed E-state index contributed by atoms with van der Waals surface area (Å²) in [6, 6.07) is 13.7. The summed E-state index contributed by atoms with van der Waals surface area (Å²) in [6.07, 6.45) is 2.00. The van der Waals surface area contributed by atoms with E-state index in [4.69, 9.17) is 0 Å². The summed E-state index contributed by atoms with van der Waals surface area (Å²) in [5.74, 6) is -1.20. The van der Waals surface area contributed by atoms with Gasteiger partial charge >= 0.3 is 5.97 Å². The molecule has 2 N–H and O–H groups in total. The van der Waals surface area contributed by atoms with Crippen LogP contribution in [0.4, 0.5) is 0 Å². The standard InChI is InChI=1S/C21H20N2O4/c24-19-11-13-9-10-14(12-22-19)23(13)20(25)17-7-3-1-5-15(17)16-6-2-4-8-18(16)21(26)27/h1-8,13-14H,9-12H2,(H,22,24)(H,26,27). The minimum Gasteiger partial charge on any atom is -0.478 e. The lowest BCUT2D eigenvalue weighted by molar-refractivity contribution is -0.121. The van der Waals surface area contributed by atoms with Crippen molar-refractivity contribution in [2.75, 3.05) is 6.54 Å². The molecule has 0 aliphatic carbocycles. The normalized spacial score (nSPS) is 21.5. The largest absolute Gasteiger partial charge is 0.478 e. The molecule has 2 atom stereocenters. The van der Waals surface area contributed by atoms with E-state index >= 15 is 0 Å². The Morgan fingerprint density at radius 2 is 1.52 bits per heavy atom. The van der Waals surface area contributed by atoms with Crippen LogP contribution in [0.15, 0.2) is 48.5 Å². The van der Waals surface area contributed by atoms with Crippen molar-refractivity contribution in [3.8, 4) is 11.1 Å². The maximum absolute atomic E-state index is 13.4. The van der Waals surface area contributed by atoms with Crippen molar-refractivity contribution in [1.29, 1.82) is 0 Å². The Morgan fingerprint density at radius 3 is 2.22 bits per heavy atom. The first-order valence-electron chi connectivity index (χ1n) is 9.07. The molecule has 2 unspecified atom stereocenters. The minimum atomic E-state index is -1.03. The second-order valence-electron chi connectivity index (χ2n) is 7.00. The molecular weight excluding hydrogens is 344 g/mol. The highest BCUT2D eigenvalue weighted by molar-refractivity contribution is 6.05. The van der Waals surface area contributed by atoms with Crippen LogP contribution < -0.4 is 5.32 Å². The molecular formula is C21H20N2O4. The molecule has 2 aromatic carbocycles. The number of carbonyl (C=O) groups is 3. The van der Waals surface area contributed by atoms with Gasteiger partial charge < -0.3 is 15.3 Å². The molecule has 2 aliphatic heterocycles. The number of benzene rings is 2. The van der Waals surface area contributed by atoms with Crippen LogP contribution in [0.3, 0.4) is 0 Å². The molecule has 0 radical (unpaired) electrons. The van der Waals surface area contributed by atoms with Crippen LogP contribution >= 0.6 is 0 Å². The molecule has 2 aromatic rings. The molecule has 2 heterocycles. The zero-order chi connectivity index (χ0) is 19.0. The van der Waals surface area contributed by atoms with Gasteiger partial charge in [-0.15, -0.1) is 0 Å². The Labute approximate surface area is 156 Å². The average Bonchev–Trinajstić information content (AvgIpc) is 2.99. The van der Waals surface area contributed by atoms with Gasteiger partial charge in [-0.3, -0.25) is 9.59 Å². The maximum Gasteiger partial charge on any atom is 0.336 e. The molecule has 6 nitrogen and oxygen atoms in total. The van der Waals surface area contributed by atoms with E-state index in [0.717, 1.165) is 12.8 Å². The van der Waals surface area contributed by atoms with E-state index in [0.29, 0.717) is 29.7 Å². The smallest absolute Gasteiger partial charge is 0.336 e. The van der Waals surface area contributed by atoms with Gasteiger partial charge in [-0.1, -0.05) is 36.4 Å². The van der Waals surface area contributed by atoms with Crippen molar-refractivity contribution in [1.82, 2.24) is 10.2 Å². The van der Waals surface area contributed by atoms with Gasteiger partial charge in [0, 0.05) is 30.6 Å². The molecule has 0 saturated carbocycles. The van der Waals surface area contributed by atoms with Crippen LogP contribution in [0.1, 0.15) is 40.0 Å². The van der Waals surface area contributed by atoms with Gasteiger partial charge in [-0.05, 0) is 36.1 Å². The van der Waals surface area contributed by atoms with Crippen molar-refractivity contribution in [3.05, 3.63) is 59.7 Å². The molecule has 27 heavy (non-hydrogen) atoms. The third-order valence-corrected chi connectivity index (χ3v) is 5.42. The lowest BCUT2D eigenvalue weighted by Crippen LogP contribution is -2.42. The summed E-state index contributed by atoms with van der Waals surface area (Å²) in [7, 11) is 0. The van der Waals surface area contributed by atoms with E-state index in [1.54, 1.807) is 42.5 Å². The summed E-state index contributed by atoms with van der Waals surface area (Å²) in [5.41, 5.74) is 1.75. The third-order valence-electron chi connectivity index (χ3n) is 5.42. The van der Waals surface area contributed by atoms with Gasteiger partial charge in [0.05, 0.1) is 5.56 Å². The summed E-state index contributed by atoms with van der Waals surface area (Å²) in [4.78, 5) is 38.8. The van der Waals surface area contributed by atoms with E-state index in [-0.39, 0.29) is 29.5 Å². The van der Waals surface area contributed by atoms with Crippen LogP contribution in [0, 0.1) is 0 Å². The summed E-state index contributed by atoms with van der Waals surface area (Å²) in [5, 5.41) is 12.4. The number of carbonyl (C=O) groups excluding carboxylic acids is 2. The van der Waals surface area contributed by atoms with Gasteiger partial charge in [-0.25, -0.2) is 4.79 Å². The Hall–Kier alpha value is -3.15. The van der Waals surface area contributed by atoms with Gasteiger partial charge in [0.15, 0.2) is 0 Å². The van der Waals surface area contributed by atoms with E-state index < -0.39 is 5.97 Å². The molecule has 6 heteroatoms. The lowest BCUT2D eigenvalue weighted by Gasteiger charge is -2.28. The number of fused-ring (bicyclic) bond motifs is 2. The molecule has 0 spiro atoms. The van der Waals surface area contributed by atoms with Gasteiger partial charge in [-0.2, -0.15) is 0 Å².